The van der Waals surface area contributed by atoms with Crippen LogP contribution >= 0.6 is 0 Å². The van der Waals surface area contributed by atoms with Crippen LogP contribution in [0.4, 0.5) is 0 Å². The maximum Gasteiger partial charge on any atom is 0.421 e. The number of methoxy groups -OCH3 is 1. The van der Waals surface area contributed by atoms with E-state index in [4.69, 9.17) is 9.15 Å². The Morgan fingerprint density at radius 1 is 1.33 bits per heavy atom. The fourth-order valence-electron chi connectivity index (χ4n) is 2.82. The second kappa shape index (κ2) is 5.73. The van der Waals surface area contributed by atoms with Crippen LogP contribution in [-0.4, -0.2) is 35.6 Å². The normalized spacial score (nSPS) is 17.2. The molecule has 0 radical (unpaired) electrons. The van der Waals surface area contributed by atoms with E-state index >= 15 is 0 Å². The van der Waals surface area contributed by atoms with Crippen molar-refractivity contribution in [2.24, 2.45) is 5.92 Å². The lowest BCUT2D eigenvalue weighted by atomic mass is 9.97. The highest BCUT2D eigenvalue weighted by atomic mass is 16.5. The first-order valence-electron chi connectivity index (χ1n) is 7.07. The summed E-state index contributed by atoms with van der Waals surface area (Å²) in [4.78, 5) is 25.6. The van der Waals surface area contributed by atoms with Crippen molar-refractivity contribution >= 4 is 17.1 Å². The minimum Gasteiger partial charge on any atom is -0.469 e. The maximum absolute atomic E-state index is 11.9. The van der Waals surface area contributed by atoms with E-state index in [0.717, 1.165) is 31.4 Å². The molecule has 0 aliphatic carbocycles. The van der Waals surface area contributed by atoms with Gasteiger partial charge in [-0.15, -0.1) is 0 Å². The number of oxazole rings is 1. The summed E-state index contributed by atoms with van der Waals surface area (Å²) in [6, 6.07) is 7.40. The van der Waals surface area contributed by atoms with Crippen molar-refractivity contribution in [3.05, 3.63) is 34.8 Å². The highest BCUT2D eigenvalue weighted by molar-refractivity contribution is 5.73. The predicted octanol–water partition coefficient (Wildman–Crippen LogP) is 1.44. The Bertz CT molecular complexity index is 695. The number of fused-ring (bicyclic) bond motifs is 1. The van der Waals surface area contributed by atoms with Gasteiger partial charge in [0.15, 0.2) is 5.58 Å². The number of hydrogen-bond acceptors (Lipinski definition) is 5. The number of ether oxygens (including phenoxy) is 1. The summed E-state index contributed by atoms with van der Waals surface area (Å²) >= 11 is 0. The standard InChI is InChI=1S/C15H18N2O4/c1-20-14(18)11-6-8-16(9-7-11)10-17-12-4-2-3-5-13(12)21-15(17)19/h2-5,11H,6-10H2,1H3. The molecule has 1 aromatic heterocycles. The minimum absolute atomic E-state index is 0.0240. The molecule has 21 heavy (non-hydrogen) atoms. The van der Waals surface area contributed by atoms with Crippen LogP contribution < -0.4 is 5.76 Å². The SMILES string of the molecule is COC(=O)C1CCN(Cn2c(=O)oc3ccccc32)CC1. The monoisotopic (exact) mass is 290 g/mol. The summed E-state index contributed by atoms with van der Waals surface area (Å²) < 4.78 is 11.6. The van der Waals surface area contributed by atoms with Crippen molar-refractivity contribution in [2.45, 2.75) is 19.5 Å². The predicted molar refractivity (Wildman–Crippen MR) is 76.8 cm³/mol. The minimum atomic E-state index is -0.341. The third kappa shape index (κ3) is 2.71. The summed E-state index contributed by atoms with van der Waals surface area (Å²) in [7, 11) is 1.42. The number of nitrogens with zero attached hydrogens (tertiary/aromatic N) is 2. The van der Waals surface area contributed by atoms with Crippen LogP contribution in [0, 0.1) is 5.92 Å². The molecule has 1 fully saturated rings. The summed E-state index contributed by atoms with van der Waals surface area (Å²) in [5.74, 6) is -0.504. The van der Waals surface area contributed by atoms with E-state index in [1.54, 1.807) is 10.6 Å². The van der Waals surface area contributed by atoms with Gasteiger partial charge < -0.3 is 9.15 Å². The number of piperidine rings is 1. The van der Waals surface area contributed by atoms with E-state index in [9.17, 15) is 9.59 Å². The van der Waals surface area contributed by atoms with Crippen LogP contribution in [0.5, 0.6) is 0 Å². The first kappa shape index (κ1) is 13.9. The third-order valence-electron chi connectivity index (χ3n) is 4.04. The summed E-state index contributed by atoms with van der Waals surface area (Å²) in [5.41, 5.74) is 1.41. The molecule has 1 saturated heterocycles. The molecule has 112 valence electrons. The van der Waals surface area contributed by atoms with Crippen LogP contribution in [0.15, 0.2) is 33.5 Å². The van der Waals surface area contributed by atoms with E-state index in [2.05, 4.69) is 4.90 Å². The largest absolute Gasteiger partial charge is 0.469 e. The van der Waals surface area contributed by atoms with Gasteiger partial charge in [-0.2, -0.15) is 0 Å². The van der Waals surface area contributed by atoms with Gasteiger partial charge in [-0.05, 0) is 25.0 Å². The Morgan fingerprint density at radius 2 is 2.05 bits per heavy atom. The molecular weight excluding hydrogens is 272 g/mol. The molecule has 3 rings (SSSR count). The Labute approximate surface area is 121 Å². The molecule has 1 aliphatic rings. The van der Waals surface area contributed by atoms with Crippen LogP contribution in [0.25, 0.3) is 11.1 Å². The van der Waals surface area contributed by atoms with Crippen molar-refractivity contribution in [3.8, 4) is 0 Å². The smallest absolute Gasteiger partial charge is 0.421 e. The third-order valence-corrected chi connectivity index (χ3v) is 4.04. The van der Waals surface area contributed by atoms with E-state index in [0.29, 0.717) is 12.3 Å². The van der Waals surface area contributed by atoms with Crippen molar-refractivity contribution in [1.82, 2.24) is 9.47 Å². The van der Waals surface area contributed by atoms with Crippen LogP contribution in [-0.2, 0) is 16.2 Å². The topological polar surface area (TPSA) is 64.7 Å². The number of benzene rings is 1. The van der Waals surface area contributed by atoms with Crippen LogP contribution in [0.2, 0.25) is 0 Å². The van der Waals surface area contributed by atoms with Crippen molar-refractivity contribution < 1.29 is 13.9 Å². The van der Waals surface area contributed by atoms with Gasteiger partial charge in [-0.25, -0.2) is 4.79 Å². The molecule has 1 aromatic carbocycles. The number of para-hydroxylation sites is 2. The van der Waals surface area contributed by atoms with Gasteiger partial charge in [-0.3, -0.25) is 14.3 Å². The molecule has 0 bridgehead atoms. The molecular formula is C15H18N2O4. The first-order chi connectivity index (χ1) is 10.2. The van der Waals surface area contributed by atoms with Gasteiger partial charge in [0.2, 0.25) is 0 Å². The Morgan fingerprint density at radius 3 is 2.76 bits per heavy atom. The van der Waals surface area contributed by atoms with E-state index in [1.807, 2.05) is 18.2 Å². The van der Waals surface area contributed by atoms with E-state index in [1.165, 1.54) is 7.11 Å². The van der Waals surface area contributed by atoms with Gasteiger partial charge >= 0.3 is 11.7 Å². The molecule has 0 spiro atoms. The van der Waals surface area contributed by atoms with Crippen molar-refractivity contribution in [1.29, 1.82) is 0 Å². The number of aromatic nitrogens is 1. The molecule has 6 nitrogen and oxygen atoms in total. The second-order valence-corrected chi connectivity index (χ2v) is 5.32. The lowest BCUT2D eigenvalue weighted by Crippen LogP contribution is -2.39. The lowest BCUT2D eigenvalue weighted by molar-refractivity contribution is -0.147. The first-order valence-corrected chi connectivity index (χ1v) is 7.07. The van der Waals surface area contributed by atoms with Crippen molar-refractivity contribution in [2.75, 3.05) is 20.2 Å². The molecule has 0 N–H and O–H groups in total. The number of rotatable bonds is 3. The molecule has 2 heterocycles. The number of carbonyl (C=O) groups is 1. The molecule has 6 heteroatoms. The number of esters is 1. The van der Waals surface area contributed by atoms with Gasteiger partial charge in [-0.1, -0.05) is 12.1 Å². The molecule has 0 unspecified atom stereocenters. The average molecular weight is 290 g/mol. The van der Waals surface area contributed by atoms with Gasteiger partial charge in [0.25, 0.3) is 0 Å². The highest BCUT2D eigenvalue weighted by Gasteiger charge is 2.26. The highest BCUT2D eigenvalue weighted by Crippen LogP contribution is 2.20. The Hall–Kier alpha value is -2.08. The molecule has 0 atom stereocenters. The Kier molecular flexibility index (Phi) is 3.79. The fraction of sp³-hybridized carbons (Fsp3) is 0.467. The number of likely N-dealkylation sites (tertiary alicyclic amines) is 1. The zero-order chi connectivity index (χ0) is 14.8. The number of hydrogen-bond donors (Lipinski definition) is 0. The summed E-state index contributed by atoms with van der Waals surface area (Å²) in [5, 5.41) is 0. The Balaban J connectivity index is 1.71. The fourth-order valence-corrected chi connectivity index (χ4v) is 2.82. The zero-order valence-electron chi connectivity index (χ0n) is 11.9. The zero-order valence-corrected chi connectivity index (χ0v) is 11.9. The van der Waals surface area contributed by atoms with Gasteiger partial charge in [0.05, 0.1) is 25.2 Å². The van der Waals surface area contributed by atoms with Gasteiger partial charge in [0, 0.05) is 13.1 Å². The molecule has 0 amide bonds. The lowest BCUT2D eigenvalue weighted by Gasteiger charge is -2.30. The molecule has 2 aromatic rings. The van der Waals surface area contributed by atoms with E-state index < -0.39 is 0 Å². The van der Waals surface area contributed by atoms with Crippen LogP contribution in [0.3, 0.4) is 0 Å². The van der Waals surface area contributed by atoms with Crippen LogP contribution in [0.1, 0.15) is 12.8 Å². The quantitative estimate of drug-likeness (QED) is 0.800. The second-order valence-electron chi connectivity index (χ2n) is 5.32. The average Bonchev–Trinajstić information content (AvgIpc) is 2.83. The van der Waals surface area contributed by atoms with E-state index in [-0.39, 0.29) is 17.6 Å². The van der Waals surface area contributed by atoms with Gasteiger partial charge in [0.1, 0.15) is 0 Å². The number of carbonyl (C=O) groups excluding carboxylic acids is 1. The summed E-state index contributed by atoms with van der Waals surface area (Å²) in [6.07, 6.45) is 1.52. The summed E-state index contributed by atoms with van der Waals surface area (Å²) in [6.45, 7) is 2.03. The molecule has 0 saturated carbocycles. The van der Waals surface area contributed by atoms with Crippen molar-refractivity contribution in [3.63, 3.8) is 0 Å². The maximum atomic E-state index is 11.9. The molecule has 1 aliphatic heterocycles.